The number of rotatable bonds is 5. The molecule has 32 heavy (non-hydrogen) atoms. The minimum absolute atomic E-state index is 0.0369. The second-order valence-corrected chi connectivity index (χ2v) is 7.66. The van der Waals surface area contributed by atoms with Gasteiger partial charge >= 0.3 is 6.09 Å². The van der Waals surface area contributed by atoms with Crippen LogP contribution in [0.2, 0.25) is 0 Å². The third-order valence-corrected chi connectivity index (χ3v) is 5.65. The van der Waals surface area contributed by atoms with Crippen molar-refractivity contribution >= 4 is 39.5 Å². The molecule has 7 nitrogen and oxygen atoms in total. The molecule has 0 bridgehead atoms. The number of pyridine rings is 1. The van der Waals surface area contributed by atoms with Crippen LogP contribution in [-0.2, 0) is 22.6 Å². The van der Waals surface area contributed by atoms with Crippen molar-refractivity contribution in [3.05, 3.63) is 88.6 Å². The minimum Gasteiger partial charge on any atom is -0.447 e. The van der Waals surface area contributed by atoms with Crippen molar-refractivity contribution in [1.82, 2.24) is 9.88 Å². The topological polar surface area (TPSA) is 80.6 Å². The number of carbonyl (C=O) groups is 2. The van der Waals surface area contributed by atoms with Crippen LogP contribution < -0.4 is 15.6 Å². The highest BCUT2D eigenvalue weighted by atomic mass is 16.6. The summed E-state index contributed by atoms with van der Waals surface area (Å²) in [4.78, 5) is 39.1. The molecule has 0 radical (unpaired) electrons. The number of nitrogens with zero attached hydrogens (tertiary/aromatic N) is 2. The zero-order valence-corrected chi connectivity index (χ0v) is 17.3. The van der Waals surface area contributed by atoms with E-state index < -0.39 is 0 Å². The normalized spacial score (nSPS) is 13.5. The molecule has 1 aliphatic heterocycles. The first-order valence-corrected chi connectivity index (χ1v) is 10.4. The average molecular weight is 427 g/mol. The van der Waals surface area contributed by atoms with E-state index in [-0.39, 0.29) is 24.0 Å². The summed E-state index contributed by atoms with van der Waals surface area (Å²) in [7, 11) is 0. The molecule has 1 aliphatic rings. The van der Waals surface area contributed by atoms with Gasteiger partial charge in [0.25, 0.3) is 0 Å². The van der Waals surface area contributed by atoms with E-state index in [0.717, 1.165) is 22.3 Å². The Morgan fingerprint density at radius 1 is 0.906 bits per heavy atom. The molecule has 1 fully saturated rings. The van der Waals surface area contributed by atoms with Crippen LogP contribution >= 0.6 is 0 Å². The number of carbonyl (C=O) groups excluding carboxylic acids is 2. The lowest BCUT2D eigenvalue weighted by atomic mass is 10.1. The van der Waals surface area contributed by atoms with E-state index in [0.29, 0.717) is 30.5 Å². The van der Waals surface area contributed by atoms with E-state index >= 15 is 0 Å². The Labute approximate surface area is 183 Å². The van der Waals surface area contributed by atoms with Crippen LogP contribution in [0, 0.1) is 0 Å². The Bertz CT molecular complexity index is 1350. The number of ether oxygens (including phenoxy) is 1. The molecule has 4 aromatic rings. The number of benzene rings is 3. The molecule has 0 atom stereocenters. The molecular weight excluding hydrogens is 406 g/mol. The minimum atomic E-state index is -0.358. The average Bonchev–Trinajstić information content (AvgIpc) is 3.26. The summed E-state index contributed by atoms with van der Waals surface area (Å²) in [6.45, 7) is 1.30. The maximum absolute atomic E-state index is 12.9. The number of fused-ring (bicyclic) bond motifs is 2. The van der Waals surface area contributed by atoms with E-state index in [1.165, 1.54) is 0 Å². The molecule has 0 spiro atoms. The van der Waals surface area contributed by atoms with Gasteiger partial charge in [0, 0.05) is 23.0 Å². The molecule has 1 aromatic heterocycles. The SMILES string of the molecule is O=C(Cn1c2ccccc2c(=O)c2ccccc21)NCc1cccc(N2CCOC2=O)c1. The van der Waals surface area contributed by atoms with Crippen LogP contribution in [0.15, 0.2) is 77.6 Å². The Kier molecular flexibility index (Phi) is 5.07. The number of amides is 2. The lowest BCUT2D eigenvalue weighted by Crippen LogP contribution is -2.28. The number of nitrogens with one attached hydrogen (secondary N) is 1. The van der Waals surface area contributed by atoms with E-state index in [2.05, 4.69) is 5.32 Å². The molecule has 1 saturated heterocycles. The van der Waals surface area contributed by atoms with Crippen molar-refractivity contribution in [1.29, 1.82) is 0 Å². The maximum Gasteiger partial charge on any atom is 0.414 e. The predicted molar refractivity (Wildman–Crippen MR) is 123 cm³/mol. The zero-order chi connectivity index (χ0) is 22.1. The molecule has 7 heteroatoms. The highest BCUT2D eigenvalue weighted by Gasteiger charge is 2.23. The van der Waals surface area contributed by atoms with Gasteiger partial charge in [-0.2, -0.15) is 0 Å². The van der Waals surface area contributed by atoms with E-state index in [9.17, 15) is 14.4 Å². The second kappa shape index (κ2) is 8.19. The molecule has 0 saturated carbocycles. The molecule has 0 aliphatic carbocycles. The van der Waals surface area contributed by atoms with Gasteiger partial charge in [0.05, 0.1) is 17.6 Å². The van der Waals surface area contributed by atoms with Crippen molar-refractivity contribution < 1.29 is 14.3 Å². The Morgan fingerprint density at radius 2 is 1.59 bits per heavy atom. The van der Waals surface area contributed by atoms with Gasteiger partial charge in [-0.3, -0.25) is 14.5 Å². The lowest BCUT2D eigenvalue weighted by molar-refractivity contribution is -0.121. The fourth-order valence-electron chi connectivity index (χ4n) is 4.11. The number of aromatic nitrogens is 1. The summed E-state index contributed by atoms with van der Waals surface area (Å²) in [6, 6.07) is 22.1. The van der Waals surface area contributed by atoms with Crippen LogP contribution in [0.25, 0.3) is 21.8 Å². The van der Waals surface area contributed by atoms with Gasteiger partial charge in [-0.25, -0.2) is 4.79 Å². The lowest BCUT2D eigenvalue weighted by Gasteiger charge is -2.16. The number of para-hydroxylation sites is 2. The van der Waals surface area contributed by atoms with E-state index in [1.54, 1.807) is 17.0 Å². The highest BCUT2D eigenvalue weighted by Crippen LogP contribution is 2.21. The van der Waals surface area contributed by atoms with Gasteiger partial charge in [-0.1, -0.05) is 36.4 Å². The van der Waals surface area contributed by atoms with Crippen LogP contribution in [-0.4, -0.2) is 29.7 Å². The highest BCUT2D eigenvalue weighted by molar-refractivity contribution is 5.95. The molecule has 5 rings (SSSR count). The quantitative estimate of drug-likeness (QED) is 0.495. The molecule has 2 amide bonds. The van der Waals surface area contributed by atoms with Crippen LogP contribution in [0.3, 0.4) is 0 Å². The summed E-state index contributed by atoms with van der Waals surface area (Å²) >= 11 is 0. The largest absolute Gasteiger partial charge is 0.447 e. The molecular formula is C25H21N3O4. The Hall–Kier alpha value is -4.13. The monoisotopic (exact) mass is 427 g/mol. The number of anilines is 1. The van der Waals surface area contributed by atoms with Crippen molar-refractivity contribution in [3.8, 4) is 0 Å². The molecule has 0 unspecified atom stereocenters. The third-order valence-electron chi connectivity index (χ3n) is 5.65. The van der Waals surface area contributed by atoms with Crippen LogP contribution in [0.1, 0.15) is 5.56 Å². The van der Waals surface area contributed by atoms with E-state index in [1.807, 2.05) is 65.2 Å². The van der Waals surface area contributed by atoms with Gasteiger partial charge in [0.2, 0.25) is 5.91 Å². The zero-order valence-electron chi connectivity index (χ0n) is 17.3. The van der Waals surface area contributed by atoms with E-state index in [4.69, 9.17) is 4.74 Å². The second-order valence-electron chi connectivity index (χ2n) is 7.66. The molecule has 1 N–H and O–H groups in total. The van der Waals surface area contributed by atoms with Crippen molar-refractivity contribution in [2.75, 3.05) is 18.1 Å². The summed E-state index contributed by atoms with van der Waals surface area (Å²) in [5.74, 6) is -0.171. The van der Waals surface area contributed by atoms with Crippen LogP contribution in [0.5, 0.6) is 0 Å². The summed E-state index contributed by atoms with van der Waals surface area (Å²) in [5, 5.41) is 4.12. The van der Waals surface area contributed by atoms with Crippen LogP contribution in [0.4, 0.5) is 10.5 Å². The fourth-order valence-corrected chi connectivity index (χ4v) is 4.11. The number of cyclic esters (lactones) is 1. The first-order valence-electron chi connectivity index (χ1n) is 10.4. The summed E-state index contributed by atoms with van der Waals surface area (Å²) < 4.78 is 6.87. The summed E-state index contributed by atoms with van der Waals surface area (Å²) in [5.41, 5.74) is 3.04. The molecule has 3 aromatic carbocycles. The first kappa shape index (κ1) is 19.8. The smallest absolute Gasteiger partial charge is 0.414 e. The Morgan fingerprint density at radius 3 is 2.25 bits per heavy atom. The predicted octanol–water partition coefficient (Wildman–Crippen LogP) is 3.43. The van der Waals surface area contributed by atoms with Gasteiger partial charge < -0.3 is 14.6 Å². The van der Waals surface area contributed by atoms with Gasteiger partial charge in [-0.05, 0) is 42.0 Å². The van der Waals surface area contributed by atoms with Gasteiger partial charge in [0.15, 0.2) is 5.43 Å². The maximum atomic E-state index is 12.9. The van der Waals surface area contributed by atoms with Crippen molar-refractivity contribution in [3.63, 3.8) is 0 Å². The molecule has 160 valence electrons. The van der Waals surface area contributed by atoms with Crippen molar-refractivity contribution in [2.45, 2.75) is 13.1 Å². The van der Waals surface area contributed by atoms with Crippen molar-refractivity contribution in [2.24, 2.45) is 0 Å². The third kappa shape index (κ3) is 3.58. The summed E-state index contributed by atoms with van der Waals surface area (Å²) in [6.07, 6.45) is -0.358. The first-order chi connectivity index (χ1) is 15.6. The fraction of sp³-hybridized carbons (Fsp3) is 0.160. The standard InChI is InChI=1S/C25H21N3O4/c29-23(26-15-17-6-5-7-18(14-17)27-12-13-32-25(27)31)16-28-21-10-3-1-8-19(21)24(30)20-9-2-4-11-22(20)28/h1-11,14H,12-13,15-16H2,(H,26,29). The van der Waals surface area contributed by atoms with Gasteiger partial charge in [-0.15, -0.1) is 0 Å². The number of hydrogen-bond acceptors (Lipinski definition) is 4. The Balaban J connectivity index is 1.39. The van der Waals surface area contributed by atoms with Gasteiger partial charge in [0.1, 0.15) is 13.2 Å². The number of hydrogen-bond donors (Lipinski definition) is 1. The molecule has 2 heterocycles.